The number of furan rings is 1. The van der Waals surface area contributed by atoms with E-state index in [1.807, 2.05) is 12.1 Å². The van der Waals surface area contributed by atoms with Crippen molar-refractivity contribution < 1.29 is 4.42 Å². The van der Waals surface area contributed by atoms with Gasteiger partial charge in [0.15, 0.2) is 0 Å². The Hall–Kier alpha value is -6.18. The monoisotopic (exact) mass is 596 g/mol. The van der Waals surface area contributed by atoms with Gasteiger partial charge in [-0.25, -0.2) is 0 Å². The largest absolute Gasteiger partial charge is 0.455 e. The number of fused-ring (bicyclic) bond motifs is 3. The molecule has 218 valence electrons. The van der Waals surface area contributed by atoms with Gasteiger partial charge in [0.2, 0.25) is 0 Å². The Morgan fingerprint density at radius 1 is 0.298 bits per heavy atom. The third kappa shape index (κ3) is 3.97. The molecule has 0 saturated heterocycles. The van der Waals surface area contributed by atoms with Gasteiger partial charge in [-0.2, -0.15) is 0 Å². The van der Waals surface area contributed by atoms with Gasteiger partial charge in [-0.3, -0.25) is 0 Å². The molecule has 0 aliphatic carbocycles. The molecule has 9 aromatic carbocycles. The molecule has 0 radical (unpaired) electrons. The summed E-state index contributed by atoms with van der Waals surface area (Å²) in [5, 5.41) is 10.1. The van der Waals surface area contributed by atoms with Gasteiger partial charge in [0.25, 0.3) is 0 Å². The zero-order valence-electron chi connectivity index (χ0n) is 25.6. The molecule has 0 spiro atoms. The third-order valence-electron chi connectivity index (χ3n) is 9.86. The van der Waals surface area contributed by atoms with Crippen LogP contribution in [0.4, 0.5) is 0 Å². The van der Waals surface area contributed by atoms with Crippen molar-refractivity contribution in [2.75, 3.05) is 0 Å². The van der Waals surface area contributed by atoms with Crippen LogP contribution in [0.2, 0.25) is 0 Å². The fraction of sp³-hybridized carbons (Fsp3) is 0. The molecule has 0 amide bonds. The van der Waals surface area contributed by atoms with Crippen LogP contribution in [0.15, 0.2) is 174 Å². The van der Waals surface area contributed by atoms with Crippen molar-refractivity contribution in [1.29, 1.82) is 0 Å². The SMILES string of the molecule is c1ccc(-c2ccc3ccc4c(-c5ccc(-c6cccc7c6oc6ccccc67)cc5)cc(-c5ccccc5)c5ccc2c3c45)cc1. The quantitative estimate of drug-likeness (QED) is 0.184. The zero-order valence-corrected chi connectivity index (χ0v) is 25.6. The highest BCUT2D eigenvalue weighted by Crippen LogP contribution is 2.46. The van der Waals surface area contributed by atoms with Crippen molar-refractivity contribution in [3.8, 4) is 44.5 Å². The molecule has 10 rings (SSSR count). The molecular weight excluding hydrogens is 569 g/mol. The topological polar surface area (TPSA) is 13.1 Å². The van der Waals surface area contributed by atoms with Gasteiger partial charge < -0.3 is 4.42 Å². The Balaban J connectivity index is 1.21. The first-order chi connectivity index (χ1) is 23.3. The lowest BCUT2D eigenvalue weighted by Gasteiger charge is -2.19. The summed E-state index contributed by atoms with van der Waals surface area (Å²) in [5.41, 5.74) is 11.5. The Kier molecular flexibility index (Phi) is 5.64. The standard InChI is InChI=1S/C46H28O/c1-3-10-29(11-4-1)34-24-22-33-23-25-38-42(28-41(30-12-5-2-6-13-30)39-27-26-37(34)44(33)45(38)39)32-20-18-31(19-21-32)35-15-9-16-40-36-14-7-8-17-43(36)47-46(35)40/h1-28H. The van der Waals surface area contributed by atoms with Crippen LogP contribution in [0, 0.1) is 0 Å². The highest BCUT2D eigenvalue weighted by Gasteiger charge is 2.19. The van der Waals surface area contributed by atoms with Crippen molar-refractivity contribution in [3.63, 3.8) is 0 Å². The number of rotatable bonds is 4. The predicted molar refractivity (Wildman–Crippen MR) is 199 cm³/mol. The minimum absolute atomic E-state index is 0.920. The van der Waals surface area contributed by atoms with Crippen LogP contribution in [0.3, 0.4) is 0 Å². The van der Waals surface area contributed by atoms with Crippen LogP contribution >= 0.6 is 0 Å². The van der Waals surface area contributed by atoms with E-state index < -0.39 is 0 Å². The van der Waals surface area contributed by atoms with E-state index >= 15 is 0 Å². The van der Waals surface area contributed by atoms with Crippen LogP contribution < -0.4 is 0 Å². The molecule has 1 heterocycles. The molecule has 47 heavy (non-hydrogen) atoms. The minimum atomic E-state index is 0.920. The molecule has 1 heteroatoms. The van der Waals surface area contributed by atoms with Crippen molar-refractivity contribution in [2.24, 2.45) is 0 Å². The highest BCUT2D eigenvalue weighted by molar-refractivity contribution is 6.30. The molecule has 10 aromatic rings. The highest BCUT2D eigenvalue weighted by atomic mass is 16.3. The minimum Gasteiger partial charge on any atom is -0.455 e. The summed E-state index contributed by atoms with van der Waals surface area (Å²) in [7, 11) is 0. The number of hydrogen-bond acceptors (Lipinski definition) is 1. The lowest BCUT2D eigenvalue weighted by atomic mass is 9.84. The fourth-order valence-corrected chi connectivity index (χ4v) is 7.67. The van der Waals surface area contributed by atoms with E-state index in [4.69, 9.17) is 4.42 Å². The normalized spacial score (nSPS) is 11.8. The molecule has 0 fully saturated rings. The fourth-order valence-electron chi connectivity index (χ4n) is 7.67. The maximum atomic E-state index is 6.38. The van der Waals surface area contributed by atoms with Gasteiger partial charge in [-0.05, 0) is 83.4 Å². The molecule has 0 aliphatic rings. The Morgan fingerprint density at radius 3 is 1.55 bits per heavy atom. The second kappa shape index (κ2) is 10.2. The van der Waals surface area contributed by atoms with Crippen LogP contribution in [-0.4, -0.2) is 0 Å². The van der Waals surface area contributed by atoms with Crippen LogP contribution in [0.1, 0.15) is 0 Å². The van der Waals surface area contributed by atoms with E-state index in [1.54, 1.807) is 0 Å². The third-order valence-corrected chi connectivity index (χ3v) is 9.86. The van der Waals surface area contributed by atoms with Crippen molar-refractivity contribution in [3.05, 3.63) is 170 Å². The summed E-state index contributed by atoms with van der Waals surface area (Å²) in [6.07, 6.45) is 0. The first-order valence-corrected chi connectivity index (χ1v) is 16.2. The summed E-state index contributed by atoms with van der Waals surface area (Å²) < 4.78 is 6.38. The molecule has 0 unspecified atom stereocenters. The Labute approximate surface area is 272 Å². The van der Waals surface area contributed by atoms with Gasteiger partial charge in [0.1, 0.15) is 11.2 Å². The van der Waals surface area contributed by atoms with Crippen LogP contribution in [0.25, 0.3) is 98.8 Å². The smallest absolute Gasteiger partial charge is 0.143 e. The average molecular weight is 597 g/mol. The molecule has 1 aromatic heterocycles. The Morgan fingerprint density at radius 2 is 0.830 bits per heavy atom. The lowest BCUT2D eigenvalue weighted by molar-refractivity contribution is 0.670. The molecule has 0 aliphatic heterocycles. The van der Waals surface area contributed by atoms with Gasteiger partial charge in [-0.15, -0.1) is 0 Å². The van der Waals surface area contributed by atoms with E-state index in [2.05, 4.69) is 158 Å². The van der Waals surface area contributed by atoms with Gasteiger partial charge in [0.05, 0.1) is 0 Å². The summed E-state index contributed by atoms with van der Waals surface area (Å²) in [6.45, 7) is 0. The maximum Gasteiger partial charge on any atom is 0.143 e. The summed E-state index contributed by atoms with van der Waals surface area (Å²) in [6, 6.07) is 61.5. The molecule has 1 nitrogen and oxygen atoms in total. The lowest BCUT2D eigenvalue weighted by Crippen LogP contribution is -1.92. The summed E-state index contributed by atoms with van der Waals surface area (Å²) in [4.78, 5) is 0. The van der Waals surface area contributed by atoms with Gasteiger partial charge in [0, 0.05) is 16.3 Å². The molecule has 0 bridgehead atoms. The van der Waals surface area contributed by atoms with Crippen molar-refractivity contribution in [2.45, 2.75) is 0 Å². The van der Waals surface area contributed by atoms with Gasteiger partial charge >= 0.3 is 0 Å². The van der Waals surface area contributed by atoms with E-state index in [-0.39, 0.29) is 0 Å². The first-order valence-electron chi connectivity index (χ1n) is 16.2. The van der Waals surface area contributed by atoms with Crippen molar-refractivity contribution in [1.82, 2.24) is 0 Å². The average Bonchev–Trinajstić information content (AvgIpc) is 3.53. The van der Waals surface area contributed by atoms with E-state index in [1.165, 1.54) is 65.7 Å². The van der Waals surface area contributed by atoms with Crippen LogP contribution in [0.5, 0.6) is 0 Å². The number of para-hydroxylation sites is 2. The Bertz CT molecular complexity index is 2750. The second-order valence-electron chi connectivity index (χ2n) is 12.4. The second-order valence-corrected chi connectivity index (χ2v) is 12.4. The molecule has 0 saturated carbocycles. The van der Waals surface area contributed by atoms with E-state index in [9.17, 15) is 0 Å². The van der Waals surface area contributed by atoms with Gasteiger partial charge in [-0.1, -0.05) is 158 Å². The zero-order chi connectivity index (χ0) is 30.9. The van der Waals surface area contributed by atoms with E-state index in [0.29, 0.717) is 0 Å². The maximum absolute atomic E-state index is 6.38. The molecule has 0 N–H and O–H groups in total. The molecule has 0 atom stereocenters. The first kappa shape index (κ1) is 26.1. The van der Waals surface area contributed by atoms with E-state index in [0.717, 1.165) is 33.1 Å². The number of benzene rings is 9. The summed E-state index contributed by atoms with van der Waals surface area (Å²) in [5.74, 6) is 0. The van der Waals surface area contributed by atoms with Crippen molar-refractivity contribution >= 4 is 54.3 Å². The van der Waals surface area contributed by atoms with Crippen LogP contribution in [-0.2, 0) is 0 Å². The predicted octanol–water partition coefficient (Wildman–Crippen LogP) is 13.2. The summed E-state index contributed by atoms with van der Waals surface area (Å²) >= 11 is 0. The number of hydrogen-bond donors (Lipinski definition) is 0. The molecular formula is C46H28O.